The van der Waals surface area contributed by atoms with Crippen molar-refractivity contribution in [2.24, 2.45) is 11.7 Å². The van der Waals surface area contributed by atoms with Crippen LogP contribution in [0.5, 0.6) is 0 Å². The van der Waals surface area contributed by atoms with Gasteiger partial charge < -0.3 is 15.4 Å². The topological polar surface area (TPSA) is 55.6 Å². The van der Waals surface area contributed by atoms with Gasteiger partial charge in [-0.3, -0.25) is 4.79 Å². The number of thiophene rings is 1. The number of carbonyl (C=O) groups is 1. The van der Waals surface area contributed by atoms with Crippen LogP contribution in [-0.4, -0.2) is 37.1 Å². The summed E-state index contributed by atoms with van der Waals surface area (Å²) in [6, 6.07) is 2.26. The van der Waals surface area contributed by atoms with Crippen LogP contribution in [0.25, 0.3) is 0 Å². The van der Waals surface area contributed by atoms with E-state index in [1.807, 2.05) is 10.3 Å². The molecule has 1 heterocycles. The first-order valence-corrected chi connectivity index (χ1v) is 8.19. The molecular weight excluding hydrogens is 272 g/mol. The fourth-order valence-corrected chi connectivity index (χ4v) is 3.44. The van der Waals surface area contributed by atoms with E-state index in [4.69, 9.17) is 10.5 Å². The lowest BCUT2D eigenvalue weighted by Crippen LogP contribution is -2.41. The molecule has 0 radical (unpaired) electrons. The Morgan fingerprint density at radius 2 is 2.40 bits per heavy atom. The molecule has 4 nitrogen and oxygen atoms in total. The highest BCUT2D eigenvalue weighted by atomic mass is 32.1. The average Bonchev–Trinajstić information content (AvgIpc) is 2.95. The molecule has 0 spiro atoms. The molecule has 2 N–H and O–H groups in total. The van der Waals surface area contributed by atoms with Crippen molar-refractivity contribution in [3.63, 3.8) is 0 Å². The Hall–Kier alpha value is -0.910. The number of nitrogens with zero attached hydrogens (tertiary/aromatic N) is 1. The lowest BCUT2D eigenvalue weighted by molar-refractivity contribution is -0.138. The Bertz CT molecular complexity index is 408. The fraction of sp³-hybridized carbons (Fsp3) is 0.667. The summed E-state index contributed by atoms with van der Waals surface area (Å²) >= 11 is 1.66. The van der Waals surface area contributed by atoms with Crippen LogP contribution in [0.1, 0.15) is 31.2 Å². The molecule has 2 atom stereocenters. The van der Waals surface area contributed by atoms with E-state index in [-0.39, 0.29) is 17.9 Å². The molecule has 1 aliphatic carbocycles. The van der Waals surface area contributed by atoms with E-state index in [0.717, 1.165) is 25.7 Å². The summed E-state index contributed by atoms with van der Waals surface area (Å²) in [5.41, 5.74) is 7.20. The number of hydrogen-bond acceptors (Lipinski definition) is 4. The predicted molar refractivity (Wildman–Crippen MR) is 81.5 cm³/mol. The van der Waals surface area contributed by atoms with Crippen LogP contribution in [0.2, 0.25) is 0 Å². The Morgan fingerprint density at radius 3 is 3.05 bits per heavy atom. The van der Waals surface area contributed by atoms with Crippen molar-refractivity contribution in [1.82, 2.24) is 4.90 Å². The highest BCUT2D eigenvalue weighted by Gasteiger charge is 2.28. The standard InChI is InChI=1S/C15H24N2O2S/c1-19-7-6-17(10-12-5-8-20-11-12)15(18)13-3-2-4-14(16)9-13/h5,8,11,13-14H,2-4,6-7,9-10,16H2,1H3/t13-,14+/m1/s1. The maximum atomic E-state index is 12.7. The summed E-state index contributed by atoms with van der Waals surface area (Å²) in [6.45, 7) is 1.91. The first-order valence-electron chi connectivity index (χ1n) is 7.25. The van der Waals surface area contributed by atoms with Gasteiger partial charge in [0.25, 0.3) is 0 Å². The summed E-state index contributed by atoms with van der Waals surface area (Å²) in [6.07, 6.45) is 3.91. The zero-order chi connectivity index (χ0) is 14.4. The highest BCUT2D eigenvalue weighted by Crippen LogP contribution is 2.25. The average molecular weight is 296 g/mol. The van der Waals surface area contributed by atoms with Gasteiger partial charge in [0, 0.05) is 32.2 Å². The van der Waals surface area contributed by atoms with Gasteiger partial charge in [-0.25, -0.2) is 0 Å². The van der Waals surface area contributed by atoms with Gasteiger partial charge in [-0.2, -0.15) is 11.3 Å². The van der Waals surface area contributed by atoms with Crippen molar-refractivity contribution in [1.29, 1.82) is 0 Å². The maximum Gasteiger partial charge on any atom is 0.226 e. The van der Waals surface area contributed by atoms with Crippen LogP contribution >= 0.6 is 11.3 Å². The van der Waals surface area contributed by atoms with E-state index in [2.05, 4.69) is 11.4 Å². The van der Waals surface area contributed by atoms with Crippen molar-refractivity contribution in [2.75, 3.05) is 20.3 Å². The highest BCUT2D eigenvalue weighted by molar-refractivity contribution is 7.07. The van der Waals surface area contributed by atoms with Gasteiger partial charge >= 0.3 is 0 Å². The number of hydrogen-bond donors (Lipinski definition) is 1. The van der Waals surface area contributed by atoms with Crippen molar-refractivity contribution in [2.45, 2.75) is 38.3 Å². The molecule has 0 unspecified atom stereocenters. The largest absolute Gasteiger partial charge is 0.383 e. The van der Waals surface area contributed by atoms with E-state index in [1.165, 1.54) is 5.56 Å². The number of carbonyl (C=O) groups excluding carboxylic acids is 1. The molecule has 1 aliphatic rings. The third-order valence-corrected chi connectivity index (χ3v) is 4.63. The van der Waals surface area contributed by atoms with Crippen molar-refractivity contribution in [3.8, 4) is 0 Å². The number of rotatable bonds is 6. The summed E-state index contributed by atoms with van der Waals surface area (Å²) in [7, 11) is 1.67. The van der Waals surface area contributed by atoms with E-state index >= 15 is 0 Å². The molecule has 1 saturated carbocycles. The molecule has 1 aromatic rings. The van der Waals surface area contributed by atoms with Crippen LogP contribution in [-0.2, 0) is 16.1 Å². The van der Waals surface area contributed by atoms with Gasteiger partial charge in [-0.05, 0) is 41.7 Å². The van der Waals surface area contributed by atoms with Crippen LogP contribution < -0.4 is 5.73 Å². The number of amides is 1. The molecule has 112 valence electrons. The van der Waals surface area contributed by atoms with Crippen molar-refractivity contribution < 1.29 is 9.53 Å². The molecule has 1 aromatic heterocycles. The molecule has 0 aromatic carbocycles. The Morgan fingerprint density at radius 1 is 1.55 bits per heavy atom. The van der Waals surface area contributed by atoms with Gasteiger partial charge in [-0.1, -0.05) is 6.42 Å². The normalized spacial score (nSPS) is 22.7. The molecule has 2 rings (SSSR count). The van der Waals surface area contributed by atoms with E-state index < -0.39 is 0 Å². The van der Waals surface area contributed by atoms with Crippen LogP contribution in [0, 0.1) is 5.92 Å². The van der Waals surface area contributed by atoms with Gasteiger partial charge in [0.2, 0.25) is 5.91 Å². The summed E-state index contributed by atoms with van der Waals surface area (Å²) in [5.74, 6) is 0.331. The second-order valence-corrected chi connectivity index (χ2v) is 6.29. The van der Waals surface area contributed by atoms with Gasteiger partial charge in [-0.15, -0.1) is 0 Å². The fourth-order valence-electron chi connectivity index (χ4n) is 2.78. The zero-order valence-corrected chi connectivity index (χ0v) is 12.9. The summed E-state index contributed by atoms with van der Waals surface area (Å²) < 4.78 is 5.13. The molecule has 20 heavy (non-hydrogen) atoms. The third-order valence-electron chi connectivity index (χ3n) is 3.89. The van der Waals surface area contributed by atoms with Crippen LogP contribution in [0.4, 0.5) is 0 Å². The van der Waals surface area contributed by atoms with Crippen LogP contribution in [0.3, 0.4) is 0 Å². The van der Waals surface area contributed by atoms with Crippen molar-refractivity contribution in [3.05, 3.63) is 22.4 Å². The Kier molecular flexibility index (Phi) is 6.01. The minimum atomic E-state index is 0.0919. The monoisotopic (exact) mass is 296 g/mol. The number of methoxy groups -OCH3 is 1. The SMILES string of the molecule is COCCN(Cc1ccsc1)C(=O)[C@@H]1CCC[C@H](N)C1. The van der Waals surface area contributed by atoms with E-state index in [0.29, 0.717) is 19.7 Å². The zero-order valence-electron chi connectivity index (χ0n) is 12.1. The Labute approximate surface area is 124 Å². The Balaban J connectivity index is 1.98. The maximum absolute atomic E-state index is 12.7. The quantitative estimate of drug-likeness (QED) is 0.876. The van der Waals surface area contributed by atoms with E-state index in [9.17, 15) is 4.79 Å². The second-order valence-electron chi connectivity index (χ2n) is 5.51. The van der Waals surface area contributed by atoms with Crippen LogP contribution in [0.15, 0.2) is 16.8 Å². The molecule has 5 heteroatoms. The first kappa shape index (κ1) is 15.5. The van der Waals surface area contributed by atoms with E-state index in [1.54, 1.807) is 18.4 Å². The number of nitrogens with two attached hydrogens (primary N) is 1. The van der Waals surface area contributed by atoms with Gasteiger partial charge in [0.15, 0.2) is 0 Å². The summed E-state index contributed by atoms with van der Waals surface area (Å²) in [5, 5.41) is 4.14. The molecule has 1 fully saturated rings. The molecule has 0 saturated heterocycles. The van der Waals surface area contributed by atoms with Gasteiger partial charge in [0.05, 0.1) is 6.61 Å². The first-order chi connectivity index (χ1) is 9.70. The minimum absolute atomic E-state index is 0.0919. The van der Waals surface area contributed by atoms with Crippen molar-refractivity contribution >= 4 is 17.2 Å². The summed E-state index contributed by atoms with van der Waals surface area (Å²) in [4.78, 5) is 14.6. The van der Waals surface area contributed by atoms with Gasteiger partial charge in [0.1, 0.15) is 0 Å². The minimum Gasteiger partial charge on any atom is -0.383 e. The lowest BCUT2D eigenvalue weighted by atomic mass is 9.85. The predicted octanol–water partition coefficient (Wildman–Crippen LogP) is 2.24. The smallest absolute Gasteiger partial charge is 0.226 e. The number of ether oxygens (including phenoxy) is 1. The molecule has 0 aliphatic heterocycles. The third kappa shape index (κ3) is 4.30. The molecule has 1 amide bonds. The molecule has 0 bridgehead atoms. The second kappa shape index (κ2) is 7.76. The molecular formula is C15H24N2O2S. The lowest BCUT2D eigenvalue weighted by Gasteiger charge is -2.31.